The number of amides is 1. The second kappa shape index (κ2) is 9.01. The monoisotopic (exact) mass is 441 g/mol. The molecule has 9 heteroatoms. The quantitative estimate of drug-likeness (QED) is 0.591. The third kappa shape index (κ3) is 4.69. The first-order chi connectivity index (χ1) is 14.9. The number of aryl methyl sites for hydroxylation is 2. The molecule has 1 saturated heterocycles. The van der Waals surface area contributed by atoms with Crippen LogP contribution in [-0.4, -0.2) is 50.1 Å². The van der Waals surface area contributed by atoms with Crippen LogP contribution in [0.15, 0.2) is 35.2 Å². The van der Waals surface area contributed by atoms with Crippen molar-refractivity contribution in [3.05, 3.63) is 52.7 Å². The number of hydrogen-bond donors (Lipinski definition) is 0. The van der Waals surface area contributed by atoms with E-state index in [2.05, 4.69) is 20.1 Å². The Morgan fingerprint density at radius 2 is 2.06 bits per heavy atom. The van der Waals surface area contributed by atoms with Crippen molar-refractivity contribution in [2.24, 2.45) is 0 Å². The lowest BCUT2D eigenvalue weighted by molar-refractivity contribution is -0.139. The average molecular weight is 442 g/mol. The van der Waals surface area contributed by atoms with Crippen LogP contribution in [0.2, 0.25) is 5.02 Å². The highest BCUT2D eigenvalue weighted by Gasteiger charge is 2.31. The van der Waals surface area contributed by atoms with Gasteiger partial charge in [0, 0.05) is 36.4 Å². The smallest absolute Gasteiger partial charge is 0.278 e. The van der Waals surface area contributed by atoms with Gasteiger partial charge in [0.1, 0.15) is 11.4 Å². The molecule has 4 rings (SSSR count). The minimum atomic E-state index is -0.612. The molecule has 162 valence electrons. The molecule has 1 amide bonds. The van der Waals surface area contributed by atoms with Crippen molar-refractivity contribution in [2.75, 3.05) is 13.1 Å². The SMILES string of the molecule is Cc1cc(OC(C)C(=O)N2CCCC(c3noc(-c4cnccn4)n3)C2)cc(C)c1Cl. The molecule has 2 unspecified atom stereocenters. The summed E-state index contributed by atoms with van der Waals surface area (Å²) in [6.45, 7) is 6.81. The van der Waals surface area contributed by atoms with Crippen LogP contribution in [0, 0.1) is 13.8 Å². The molecular formula is C22H24ClN5O3. The molecule has 3 heterocycles. The number of nitrogens with zero attached hydrogens (tertiary/aromatic N) is 5. The Kier molecular flexibility index (Phi) is 6.18. The van der Waals surface area contributed by atoms with Gasteiger partial charge in [0.05, 0.1) is 6.20 Å². The lowest BCUT2D eigenvalue weighted by Gasteiger charge is -2.33. The molecule has 8 nitrogen and oxygen atoms in total. The number of ether oxygens (including phenoxy) is 1. The number of halogens is 1. The highest BCUT2D eigenvalue weighted by molar-refractivity contribution is 6.32. The van der Waals surface area contributed by atoms with Gasteiger partial charge in [-0.25, -0.2) is 4.98 Å². The molecule has 1 fully saturated rings. The first-order valence-electron chi connectivity index (χ1n) is 10.2. The van der Waals surface area contributed by atoms with Gasteiger partial charge in [0.2, 0.25) is 0 Å². The van der Waals surface area contributed by atoms with E-state index in [0.717, 1.165) is 24.0 Å². The fourth-order valence-electron chi connectivity index (χ4n) is 3.79. The predicted molar refractivity (Wildman–Crippen MR) is 115 cm³/mol. The Balaban J connectivity index is 1.42. The number of piperidine rings is 1. The van der Waals surface area contributed by atoms with E-state index in [9.17, 15) is 4.79 Å². The molecule has 31 heavy (non-hydrogen) atoms. The van der Waals surface area contributed by atoms with Crippen molar-refractivity contribution in [2.45, 2.75) is 45.6 Å². The van der Waals surface area contributed by atoms with Gasteiger partial charge < -0.3 is 14.2 Å². The average Bonchev–Trinajstić information content (AvgIpc) is 3.28. The molecule has 2 atom stereocenters. The van der Waals surface area contributed by atoms with Crippen LogP contribution in [0.5, 0.6) is 5.75 Å². The normalized spacial score (nSPS) is 17.4. The second-order valence-corrected chi connectivity index (χ2v) is 8.18. The van der Waals surface area contributed by atoms with E-state index in [0.29, 0.717) is 41.3 Å². The molecule has 3 aromatic rings. The molecule has 2 aromatic heterocycles. The minimum absolute atomic E-state index is 0.000841. The molecule has 0 aliphatic carbocycles. The molecule has 0 saturated carbocycles. The predicted octanol–water partition coefficient (Wildman–Crippen LogP) is 3.97. The first-order valence-corrected chi connectivity index (χ1v) is 10.6. The zero-order chi connectivity index (χ0) is 22.0. The van der Waals surface area contributed by atoms with Gasteiger partial charge in [0.15, 0.2) is 11.9 Å². The summed E-state index contributed by atoms with van der Waals surface area (Å²) in [4.78, 5) is 27.5. The van der Waals surface area contributed by atoms with Gasteiger partial charge in [-0.1, -0.05) is 16.8 Å². The van der Waals surface area contributed by atoms with E-state index in [1.807, 2.05) is 30.9 Å². The standard InChI is InChI=1S/C22H24ClN5O3/c1-13-9-17(10-14(2)19(13)23)30-15(3)22(29)28-8-4-5-16(12-28)20-26-21(31-27-20)18-11-24-6-7-25-18/h6-7,9-11,15-16H,4-5,8,12H2,1-3H3. The third-order valence-electron chi connectivity index (χ3n) is 5.39. The van der Waals surface area contributed by atoms with Crippen molar-refractivity contribution in [3.8, 4) is 17.3 Å². The zero-order valence-corrected chi connectivity index (χ0v) is 18.5. The van der Waals surface area contributed by atoms with Crippen molar-refractivity contribution >= 4 is 17.5 Å². The van der Waals surface area contributed by atoms with E-state index >= 15 is 0 Å². The Morgan fingerprint density at radius 3 is 2.77 bits per heavy atom. The maximum Gasteiger partial charge on any atom is 0.278 e. The second-order valence-electron chi connectivity index (χ2n) is 7.80. The number of aromatic nitrogens is 4. The number of rotatable bonds is 5. The zero-order valence-electron chi connectivity index (χ0n) is 17.7. The van der Waals surface area contributed by atoms with Crippen molar-refractivity contribution in [3.63, 3.8) is 0 Å². The lowest BCUT2D eigenvalue weighted by Crippen LogP contribution is -2.45. The van der Waals surface area contributed by atoms with Gasteiger partial charge in [-0.3, -0.25) is 9.78 Å². The first kappa shape index (κ1) is 21.2. The van der Waals surface area contributed by atoms with Crippen molar-refractivity contribution in [1.29, 1.82) is 0 Å². The summed E-state index contributed by atoms with van der Waals surface area (Å²) < 4.78 is 11.3. The van der Waals surface area contributed by atoms with Gasteiger partial charge in [-0.05, 0) is 56.9 Å². The molecule has 0 N–H and O–H groups in total. The lowest BCUT2D eigenvalue weighted by atomic mass is 9.97. The van der Waals surface area contributed by atoms with E-state index in [4.69, 9.17) is 20.9 Å². The minimum Gasteiger partial charge on any atom is -0.481 e. The highest BCUT2D eigenvalue weighted by atomic mass is 35.5. The number of benzene rings is 1. The Labute approximate surface area is 185 Å². The van der Waals surface area contributed by atoms with Crippen LogP contribution in [0.1, 0.15) is 42.6 Å². The van der Waals surface area contributed by atoms with E-state index < -0.39 is 6.10 Å². The van der Waals surface area contributed by atoms with Crippen LogP contribution >= 0.6 is 11.6 Å². The van der Waals surface area contributed by atoms with Gasteiger partial charge >= 0.3 is 0 Å². The number of hydrogen-bond acceptors (Lipinski definition) is 7. The molecule has 0 bridgehead atoms. The molecule has 0 radical (unpaired) electrons. The van der Waals surface area contributed by atoms with Gasteiger partial charge in [0.25, 0.3) is 11.8 Å². The highest BCUT2D eigenvalue weighted by Crippen LogP contribution is 2.29. The van der Waals surface area contributed by atoms with Crippen molar-refractivity contribution in [1.82, 2.24) is 25.0 Å². The fraction of sp³-hybridized carbons (Fsp3) is 0.409. The molecule has 1 aromatic carbocycles. The van der Waals surface area contributed by atoms with Gasteiger partial charge in [-0.2, -0.15) is 4.98 Å². The summed E-state index contributed by atoms with van der Waals surface area (Å²) in [5, 5.41) is 4.83. The summed E-state index contributed by atoms with van der Waals surface area (Å²) in [5.74, 6) is 1.49. The summed E-state index contributed by atoms with van der Waals surface area (Å²) in [7, 11) is 0. The maximum atomic E-state index is 13.0. The number of carbonyl (C=O) groups is 1. The summed E-state index contributed by atoms with van der Waals surface area (Å²) in [6, 6.07) is 3.71. The number of likely N-dealkylation sites (tertiary alicyclic amines) is 1. The van der Waals surface area contributed by atoms with Crippen LogP contribution < -0.4 is 4.74 Å². The van der Waals surface area contributed by atoms with E-state index in [1.54, 1.807) is 25.5 Å². The topological polar surface area (TPSA) is 94.2 Å². The van der Waals surface area contributed by atoms with E-state index in [1.165, 1.54) is 0 Å². The van der Waals surface area contributed by atoms with Crippen LogP contribution in [0.25, 0.3) is 11.6 Å². The number of carbonyl (C=O) groups excluding carboxylic acids is 1. The van der Waals surface area contributed by atoms with Gasteiger partial charge in [-0.15, -0.1) is 0 Å². The van der Waals surface area contributed by atoms with Crippen molar-refractivity contribution < 1.29 is 14.1 Å². The Bertz CT molecular complexity index is 1050. The molecule has 1 aliphatic rings. The fourth-order valence-corrected chi connectivity index (χ4v) is 3.90. The molecular weight excluding hydrogens is 418 g/mol. The maximum absolute atomic E-state index is 13.0. The van der Waals surface area contributed by atoms with Crippen LogP contribution in [0.3, 0.4) is 0 Å². The summed E-state index contributed by atoms with van der Waals surface area (Å²) >= 11 is 6.23. The molecule has 1 aliphatic heterocycles. The van der Waals surface area contributed by atoms with E-state index in [-0.39, 0.29) is 11.8 Å². The Hall–Kier alpha value is -3.00. The van der Waals surface area contributed by atoms with Crippen LogP contribution in [0.4, 0.5) is 0 Å². The third-order valence-corrected chi connectivity index (χ3v) is 5.99. The Morgan fingerprint density at radius 1 is 1.29 bits per heavy atom. The summed E-state index contributed by atoms with van der Waals surface area (Å²) in [5.41, 5.74) is 2.37. The largest absolute Gasteiger partial charge is 0.481 e. The molecule has 0 spiro atoms. The summed E-state index contributed by atoms with van der Waals surface area (Å²) in [6.07, 6.45) is 5.87. The van der Waals surface area contributed by atoms with Crippen LogP contribution in [-0.2, 0) is 4.79 Å².